The number of anilines is 1. The summed E-state index contributed by atoms with van der Waals surface area (Å²) in [4.78, 5) is 16.8. The number of halogens is 1. The molecule has 1 N–H and O–H groups in total. The molecule has 0 saturated carbocycles. The maximum absolute atomic E-state index is 12.3. The first-order chi connectivity index (χ1) is 14.1. The number of hydrogen-bond acceptors (Lipinski definition) is 3. The molecule has 0 radical (unpaired) electrons. The molecule has 0 spiro atoms. The van der Waals surface area contributed by atoms with Gasteiger partial charge in [-0.05, 0) is 61.7 Å². The minimum Gasteiger partial charge on any atom is -0.436 e. The van der Waals surface area contributed by atoms with Crippen LogP contribution in [0.5, 0.6) is 0 Å². The van der Waals surface area contributed by atoms with Crippen molar-refractivity contribution in [1.82, 2.24) is 4.98 Å². The van der Waals surface area contributed by atoms with Gasteiger partial charge in [-0.15, -0.1) is 0 Å². The normalized spacial score (nSPS) is 11.0. The van der Waals surface area contributed by atoms with E-state index in [1.807, 2.05) is 73.7 Å². The highest BCUT2D eigenvalue weighted by molar-refractivity contribution is 6.30. The molecule has 0 bridgehead atoms. The first kappa shape index (κ1) is 19.2. The van der Waals surface area contributed by atoms with Crippen LogP contribution >= 0.6 is 11.6 Å². The molecule has 29 heavy (non-hydrogen) atoms. The molecular formula is C24H21ClN2O2. The maximum atomic E-state index is 12.3. The van der Waals surface area contributed by atoms with Crippen LogP contribution in [0.25, 0.3) is 22.6 Å². The molecule has 5 heteroatoms. The molecule has 4 rings (SSSR count). The van der Waals surface area contributed by atoms with E-state index in [4.69, 9.17) is 16.0 Å². The maximum Gasteiger partial charge on any atom is 0.227 e. The number of amides is 1. The van der Waals surface area contributed by atoms with Crippen LogP contribution in [0.15, 0.2) is 71.1 Å². The molecule has 4 aromatic rings. The van der Waals surface area contributed by atoms with Gasteiger partial charge in [0, 0.05) is 28.8 Å². The Labute approximate surface area is 174 Å². The van der Waals surface area contributed by atoms with Crippen LogP contribution in [0.1, 0.15) is 24.0 Å². The monoisotopic (exact) mass is 404 g/mol. The number of oxazole rings is 1. The average molecular weight is 405 g/mol. The molecule has 0 aliphatic carbocycles. The minimum atomic E-state index is -0.0169. The second kappa shape index (κ2) is 8.50. The van der Waals surface area contributed by atoms with E-state index in [1.54, 1.807) is 0 Å². The van der Waals surface area contributed by atoms with Crippen LogP contribution in [-0.2, 0) is 11.2 Å². The van der Waals surface area contributed by atoms with E-state index in [0.717, 1.165) is 34.5 Å². The van der Waals surface area contributed by atoms with E-state index in [0.29, 0.717) is 23.6 Å². The largest absolute Gasteiger partial charge is 0.436 e. The van der Waals surface area contributed by atoms with E-state index in [-0.39, 0.29) is 5.91 Å². The summed E-state index contributed by atoms with van der Waals surface area (Å²) in [6, 6.07) is 21.3. The van der Waals surface area contributed by atoms with Crippen molar-refractivity contribution in [3.8, 4) is 11.5 Å². The molecule has 4 nitrogen and oxygen atoms in total. The molecule has 1 heterocycles. The number of aromatic nitrogens is 1. The molecule has 146 valence electrons. The summed E-state index contributed by atoms with van der Waals surface area (Å²) in [5, 5.41) is 3.66. The van der Waals surface area contributed by atoms with Gasteiger partial charge in [0.15, 0.2) is 5.58 Å². The van der Waals surface area contributed by atoms with Gasteiger partial charge >= 0.3 is 0 Å². The zero-order valence-corrected chi connectivity index (χ0v) is 16.9. The number of aryl methyl sites for hydroxylation is 2. The van der Waals surface area contributed by atoms with Gasteiger partial charge in [-0.2, -0.15) is 0 Å². The standard InChI is InChI=1S/C24H21ClN2O2/c1-16-4-2-6-18(14-16)24-27-21-13-12-20(15-22(21)29-24)26-23(28)7-3-5-17-8-10-19(25)11-9-17/h2,4,6,8-15H,3,5,7H2,1H3,(H,26,28). The summed E-state index contributed by atoms with van der Waals surface area (Å²) in [5.41, 5.74) is 5.39. The van der Waals surface area contributed by atoms with E-state index < -0.39 is 0 Å². The molecule has 0 fully saturated rings. The number of hydrogen-bond donors (Lipinski definition) is 1. The Bertz CT molecular complexity index is 1150. The van der Waals surface area contributed by atoms with Crippen LogP contribution in [0.4, 0.5) is 5.69 Å². The highest BCUT2D eigenvalue weighted by Crippen LogP contribution is 2.27. The van der Waals surface area contributed by atoms with Crippen molar-refractivity contribution >= 4 is 34.3 Å². The number of benzene rings is 3. The van der Waals surface area contributed by atoms with Crippen molar-refractivity contribution in [2.24, 2.45) is 0 Å². The van der Waals surface area contributed by atoms with Crippen LogP contribution in [0, 0.1) is 6.92 Å². The molecule has 1 amide bonds. The molecule has 3 aromatic carbocycles. The Morgan fingerprint density at radius 2 is 1.90 bits per heavy atom. The fourth-order valence-electron chi connectivity index (χ4n) is 3.23. The van der Waals surface area contributed by atoms with Crippen LogP contribution in [0.2, 0.25) is 5.02 Å². The van der Waals surface area contributed by atoms with Gasteiger partial charge < -0.3 is 9.73 Å². The zero-order valence-electron chi connectivity index (χ0n) is 16.1. The summed E-state index contributed by atoms with van der Waals surface area (Å²) >= 11 is 5.89. The number of nitrogens with zero attached hydrogens (tertiary/aromatic N) is 1. The number of nitrogens with one attached hydrogen (secondary N) is 1. The summed E-state index contributed by atoms with van der Waals surface area (Å²) in [6.45, 7) is 2.03. The van der Waals surface area contributed by atoms with E-state index in [1.165, 1.54) is 5.56 Å². The first-order valence-electron chi connectivity index (χ1n) is 9.59. The van der Waals surface area contributed by atoms with E-state index in [2.05, 4.69) is 10.3 Å². The summed E-state index contributed by atoms with van der Waals surface area (Å²) in [6.07, 6.45) is 2.06. The fourth-order valence-corrected chi connectivity index (χ4v) is 3.36. The summed E-state index contributed by atoms with van der Waals surface area (Å²) in [5.74, 6) is 0.562. The Morgan fingerprint density at radius 1 is 1.07 bits per heavy atom. The number of carbonyl (C=O) groups excluding carboxylic acids is 1. The lowest BCUT2D eigenvalue weighted by molar-refractivity contribution is -0.116. The summed E-state index contributed by atoms with van der Waals surface area (Å²) in [7, 11) is 0. The Hall–Kier alpha value is -3.11. The minimum absolute atomic E-state index is 0.0169. The SMILES string of the molecule is Cc1cccc(-c2nc3ccc(NC(=O)CCCc4ccc(Cl)cc4)cc3o2)c1. The molecule has 0 aliphatic heterocycles. The molecule has 0 unspecified atom stereocenters. The lowest BCUT2D eigenvalue weighted by Gasteiger charge is -2.05. The van der Waals surface area contributed by atoms with Crippen molar-refractivity contribution in [3.63, 3.8) is 0 Å². The molecule has 0 saturated heterocycles. The molecule has 0 atom stereocenters. The second-order valence-electron chi connectivity index (χ2n) is 7.10. The predicted molar refractivity (Wildman–Crippen MR) is 117 cm³/mol. The van der Waals surface area contributed by atoms with Crippen LogP contribution in [-0.4, -0.2) is 10.9 Å². The first-order valence-corrected chi connectivity index (χ1v) is 9.96. The van der Waals surface area contributed by atoms with Crippen LogP contribution < -0.4 is 5.32 Å². The molecule has 1 aromatic heterocycles. The highest BCUT2D eigenvalue weighted by atomic mass is 35.5. The highest BCUT2D eigenvalue weighted by Gasteiger charge is 2.10. The van der Waals surface area contributed by atoms with Gasteiger partial charge in [0.1, 0.15) is 5.52 Å². The molecule has 0 aliphatic rings. The van der Waals surface area contributed by atoms with Gasteiger partial charge in [0.2, 0.25) is 11.8 Å². The Morgan fingerprint density at radius 3 is 2.69 bits per heavy atom. The van der Waals surface area contributed by atoms with Crippen molar-refractivity contribution < 1.29 is 9.21 Å². The van der Waals surface area contributed by atoms with Gasteiger partial charge in [-0.25, -0.2) is 4.98 Å². The third-order valence-corrected chi connectivity index (χ3v) is 4.97. The van der Waals surface area contributed by atoms with Gasteiger partial charge in [0.25, 0.3) is 0 Å². The lowest BCUT2D eigenvalue weighted by atomic mass is 10.1. The third-order valence-electron chi connectivity index (χ3n) is 4.72. The van der Waals surface area contributed by atoms with Crippen molar-refractivity contribution in [3.05, 3.63) is 82.9 Å². The molecular weight excluding hydrogens is 384 g/mol. The number of fused-ring (bicyclic) bond motifs is 1. The smallest absolute Gasteiger partial charge is 0.227 e. The second-order valence-corrected chi connectivity index (χ2v) is 7.54. The van der Waals surface area contributed by atoms with E-state index in [9.17, 15) is 4.79 Å². The summed E-state index contributed by atoms with van der Waals surface area (Å²) < 4.78 is 5.91. The van der Waals surface area contributed by atoms with Gasteiger partial charge in [-0.1, -0.05) is 41.4 Å². The Balaban J connectivity index is 1.38. The number of carbonyl (C=O) groups is 1. The predicted octanol–water partition coefficient (Wildman–Crippen LogP) is 6.42. The topological polar surface area (TPSA) is 55.1 Å². The van der Waals surface area contributed by atoms with Crippen LogP contribution in [0.3, 0.4) is 0 Å². The third kappa shape index (κ3) is 4.84. The van der Waals surface area contributed by atoms with E-state index >= 15 is 0 Å². The average Bonchev–Trinajstić information content (AvgIpc) is 3.13. The van der Waals surface area contributed by atoms with Gasteiger partial charge in [-0.3, -0.25) is 4.79 Å². The Kier molecular flexibility index (Phi) is 5.63. The van der Waals surface area contributed by atoms with Crippen molar-refractivity contribution in [2.75, 3.05) is 5.32 Å². The lowest BCUT2D eigenvalue weighted by Crippen LogP contribution is -2.11. The van der Waals surface area contributed by atoms with Crippen molar-refractivity contribution in [2.45, 2.75) is 26.2 Å². The number of rotatable bonds is 6. The quantitative estimate of drug-likeness (QED) is 0.403. The fraction of sp³-hybridized carbons (Fsp3) is 0.167. The van der Waals surface area contributed by atoms with Gasteiger partial charge in [0.05, 0.1) is 0 Å². The van der Waals surface area contributed by atoms with Crippen molar-refractivity contribution in [1.29, 1.82) is 0 Å². The zero-order chi connectivity index (χ0) is 20.2.